The number of rotatable bonds is 8. The second-order valence-corrected chi connectivity index (χ2v) is 17.7. The number of hydrogen-bond donors (Lipinski definition) is 0. The maximum absolute atomic E-state index is 2.51. The normalized spacial score (nSPS) is 12.6. The molecule has 0 radical (unpaired) electrons. The lowest BCUT2D eigenvalue weighted by molar-refractivity contribution is 0.795. The highest BCUT2D eigenvalue weighted by atomic mass is 15.1. The van der Waals surface area contributed by atoms with E-state index >= 15 is 0 Å². The molecule has 67 heavy (non-hydrogen) atoms. The van der Waals surface area contributed by atoms with Crippen LogP contribution in [-0.4, -0.2) is 0 Å². The van der Waals surface area contributed by atoms with Gasteiger partial charge in [0.15, 0.2) is 0 Å². The third-order valence-corrected chi connectivity index (χ3v) is 14.0. The highest BCUT2D eigenvalue weighted by molar-refractivity contribution is 6.02. The Labute approximate surface area is 391 Å². The van der Waals surface area contributed by atoms with Crippen LogP contribution in [0.2, 0.25) is 0 Å². The molecule has 314 valence electrons. The summed E-state index contributed by atoms with van der Waals surface area (Å²) in [7, 11) is 0. The topological polar surface area (TPSA) is 6.48 Å². The van der Waals surface area contributed by atoms with Crippen LogP contribution in [0.15, 0.2) is 267 Å². The third kappa shape index (κ3) is 6.26. The van der Waals surface area contributed by atoms with Gasteiger partial charge in [-0.25, -0.2) is 0 Å². The third-order valence-electron chi connectivity index (χ3n) is 14.0. The molecule has 0 atom stereocenters. The summed E-state index contributed by atoms with van der Waals surface area (Å²) in [5.74, 6) is 0. The van der Waals surface area contributed by atoms with Crippen LogP contribution >= 0.6 is 0 Å². The molecule has 0 heterocycles. The monoisotopic (exact) mass is 852 g/mol. The zero-order valence-electron chi connectivity index (χ0n) is 36.8. The van der Waals surface area contributed by atoms with Crippen molar-refractivity contribution in [2.75, 3.05) is 9.80 Å². The van der Waals surface area contributed by atoms with Crippen molar-refractivity contribution in [1.82, 2.24) is 0 Å². The van der Waals surface area contributed by atoms with Crippen molar-refractivity contribution in [2.24, 2.45) is 0 Å². The van der Waals surface area contributed by atoms with Gasteiger partial charge >= 0.3 is 0 Å². The molecular weight excluding hydrogens is 809 g/mol. The van der Waals surface area contributed by atoms with Gasteiger partial charge in [-0.1, -0.05) is 182 Å². The van der Waals surface area contributed by atoms with Crippen LogP contribution in [0, 0.1) is 0 Å². The Balaban J connectivity index is 0.999. The summed E-state index contributed by atoms with van der Waals surface area (Å²) in [6.45, 7) is 0. The van der Waals surface area contributed by atoms with Crippen molar-refractivity contribution < 1.29 is 0 Å². The number of hydrogen-bond acceptors (Lipinski definition) is 2. The largest absolute Gasteiger partial charge is 0.310 e. The van der Waals surface area contributed by atoms with E-state index in [1.165, 1.54) is 77.5 Å². The van der Waals surface area contributed by atoms with Crippen molar-refractivity contribution in [3.63, 3.8) is 0 Å². The molecule has 2 aliphatic carbocycles. The number of fused-ring (bicyclic) bond motifs is 11. The van der Waals surface area contributed by atoms with E-state index in [1.54, 1.807) is 0 Å². The first-order valence-corrected chi connectivity index (χ1v) is 23.2. The summed E-state index contributed by atoms with van der Waals surface area (Å²) in [6, 6.07) is 98.0. The fourth-order valence-electron chi connectivity index (χ4n) is 11.0. The van der Waals surface area contributed by atoms with E-state index in [4.69, 9.17) is 0 Å². The van der Waals surface area contributed by atoms with Crippen molar-refractivity contribution in [3.05, 3.63) is 289 Å². The molecule has 0 aliphatic heterocycles. The zero-order chi connectivity index (χ0) is 44.3. The molecule has 2 aliphatic rings. The molecule has 0 amide bonds. The first-order chi connectivity index (χ1) is 33.2. The summed E-state index contributed by atoms with van der Waals surface area (Å²) in [4.78, 5) is 4.79. The van der Waals surface area contributed by atoms with Gasteiger partial charge in [-0.3, -0.25) is 0 Å². The van der Waals surface area contributed by atoms with Crippen molar-refractivity contribution in [1.29, 1.82) is 0 Å². The molecule has 0 aromatic heterocycles. The molecule has 0 saturated heterocycles. The lowest BCUT2D eigenvalue weighted by atomic mass is 9.70. The quantitative estimate of drug-likeness (QED) is 0.150. The minimum absolute atomic E-state index is 0.538. The van der Waals surface area contributed by atoms with Crippen LogP contribution in [0.1, 0.15) is 22.3 Å². The molecule has 13 rings (SSSR count). The molecule has 0 bridgehead atoms. The number of nitrogens with zero attached hydrogens (tertiary/aromatic N) is 2. The fourth-order valence-corrected chi connectivity index (χ4v) is 11.0. The Kier molecular flexibility index (Phi) is 9.11. The van der Waals surface area contributed by atoms with Gasteiger partial charge in [0.25, 0.3) is 0 Å². The number of benzene rings is 11. The average molecular weight is 853 g/mol. The average Bonchev–Trinajstić information content (AvgIpc) is 3.86. The molecule has 0 fully saturated rings. The van der Waals surface area contributed by atoms with Crippen LogP contribution < -0.4 is 9.80 Å². The van der Waals surface area contributed by atoms with E-state index in [9.17, 15) is 0 Å². The summed E-state index contributed by atoms with van der Waals surface area (Å²) < 4.78 is 0. The molecular formula is C65H44N2. The van der Waals surface area contributed by atoms with Crippen LogP contribution in [0.5, 0.6) is 0 Å². The van der Waals surface area contributed by atoms with Gasteiger partial charge in [-0.15, -0.1) is 0 Å². The van der Waals surface area contributed by atoms with Crippen molar-refractivity contribution in [3.8, 4) is 44.5 Å². The Bertz CT molecular complexity index is 3560. The van der Waals surface area contributed by atoms with Crippen LogP contribution in [0.25, 0.3) is 55.3 Å². The Morgan fingerprint density at radius 3 is 1.10 bits per heavy atom. The van der Waals surface area contributed by atoms with Crippen LogP contribution in [0.4, 0.5) is 34.1 Å². The minimum Gasteiger partial charge on any atom is -0.310 e. The highest BCUT2D eigenvalue weighted by Gasteiger charge is 2.52. The molecule has 2 nitrogen and oxygen atoms in total. The van der Waals surface area contributed by atoms with E-state index in [2.05, 4.69) is 277 Å². The van der Waals surface area contributed by atoms with Gasteiger partial charge in [0, 0.05) is 34.1 Å². The first kappa shape index (κ1) is 38.7. The lowest BCUT2D eigenvalue weighted by Crippen LogP contribution is -2.26. The van der Waals surface area contributed by atoms with E-state index in [1.807, 2.05) is 0 Å². The maximum atomic E-state index is 2.51. The van der Waals surface area contributed by atoms with Crippen LogP contribution in [-0.2, 0) is 5.41 Å². The predicted molar refractivity (Wildman–Crippen MR) is 280 cm³/mol. The summed E-state index contributed by atoms with van der Waals surface area (Å²) in [6.07, 6.45) is 0. The minimum atomic E-state index is -0.538. The molecule has 11 aromatic carbocycles. The number of anilines is 6. The van der Waals surface area contributed by atoms with E-state index in [0.29, 0.717) is 0 Å². The highest BCUT2D eigenvalue weighted by Crippen LogP contribution is 2.64. The second-order valence-electron chi connectivity index (χ2n) is 17.7. The van der Waals surface area contributed by atoms with Gasteiger partial charge in [-0.05, 0) is 162 Å². The van der Waals surface area contributed by atoms with Gasteiger partial charge in [0.1, 0.15) is 0 Å². The standard InChI is InChI=1S/C65H44N2/c1-5-17-45(18-6-1)47-29-34-53(35-30-47)66(51-21-9-3-10-22-51)55-38-33-49-42-60-59-40-39-56(67(52-23-11-4-12-24-52)54-36-31-48(32-37-54)46-19-7-2-8-20-46)44-64(59)65(63(60)43-50(49)41-55)61-27-15-13-25-57(61)58-26-14-16-28-62(58)65/h1-44H. The second kappa shape index (κ2) is 15.8. The van der Waals surface area contributed by atoms with E-state index in [-0.39, 0.29) is 0 Å². The van der Waals surface area contributed by atoms with Crippen molar-refractivity contribution >= 4 is 44.9 Å². The first-order valence-electron chi connectivity index (χ1n) is 23.2. The SMILES string of the molecule is c1ccc(-c2ccc(N(c3ccccc3)c3ccc4c(c3)C3(c5ccccc5-c5ccccc53)c3cc5cc(N(c6ccccc6)c6ccc(-c7ccccc7)cc6)ccc5cc3-4)cc2)cc1. The number of para-hydroxylation sites is 2. The molecule has 11 aromatic rings. The van der Waals surface area contributed by atoms with E-state index < -0.39 is 5.41 Å². The fraction of sp³-hybridized carbons (Fsp3) is 0.0154. The molecule has 2 heteroatoms. The van der Waals surface area contributed by atoms with Crippen LogP contribution in [0.3, 0.4) is 0 Å². The van der Waals surface area contributed by atoms with Gasteiger partial charge < -0.3 is 9.80 Å². The summed E-state index contributed by atoms with van der Waals surface area (Å²) >= 11 is 0. The van der Waals surface area contributed by atoms with E-state index in [0.717, 1.165) is 34.1 Å². The summed E-state index contributed by atoms with van der Waals surface area (Å²) in [5, 5.41) is 2.42. The Hall–Kier alpha value is -8.72. The maximum Gasteiger partial charge on any atom is 0.0726 e. The van der Waals surface area contributed by atoms with Gasteiger partial charge in [-0.2, -0.15) is 0 Å². The molecule has 0 N–H and O–H groups in total. The van der Waals surface area contributed by atoms with Gasteiger partial charge in [0.2, 0.25) is 0 Å². The zero-order valence-corrected chi connectivity index (χ0v) is 36.8. The summed E-state index contributed by atoms with van der Waals surface area (Å²) in [5.41, 5.74) is 21.4. The van der Waals surface area contributed by atoms with Gasteiger partial charge in [0.05, 0.1) is 5.41 Å². The molecule has 1 spiro atoms. The molecule has 0 unspecified atom stereocenters. The van der Waals surface area contributed by atoms with Crippen molar-refractivity contribution in [2.45, 2.75) is 5.41 Å². The smallest absolute Gasteiger partial charge is 0.0726 e. The Morgan fingerprint density at radius 1 is 0.209 bits per heavy atom. The predicted octanol–water partition coefficient (Wildman–Crippen LogP) is 17.5. The lowest BCUT2D eigenvalue weighted by Gasteiger charge is -2.32. The molecule has 0 saturated carbocycles. The Morgan fingerprint density at radius 2 is 0.582 bits per heavy atom.